The summed E-state index contributed by atoms with van der Waals surface area (Å²) in [5.74, 6) is 0.364. The van der Waals surface area contributed by atoms with Gasteiger partial charge < -0.3 is 10.1 Å². The topological polar surface area (TPSA) is 98.2 Å². The van der Waals surface area contributed by atoms with Crippen molar-refractivity contribution in [2.24, 2.45) is 5.92 Å². The molecule has 1 saturated carbocycles. The third-order valence-corrected chi connectivity index (χ3v) is 5.62. The number of rotatable bonds is 8. The van der Waals surface area contributed by atoms with Crippen molar-refractivity contribution in [3.05, 3.63) is 64.1 Å². The molecule has 1 fully saturated rings. The van der Waals surface area contributed by atoms with Crippen molar-refractivity contribution in [2.45, 2.75) is 38.8 Å². The molecule has 0 radical (unpaired) electrons. The van der Waals surface area contributed by atoms with Gasteiger partial charge in [-0.3, -0.25) is 4.79 Å². The van der Waals surface area contributed by atoms with Crippen LogP contribution in [0.25, 0.3) is 0 Å². The highest BCUT2D eigenvalue weighted by Gasteiger charge is 2.35. The summed E-state index contributed by atoms with van der Waals surface area (Å²) in [6.07, 6.45) is 5.90. The number of carbonyl (C=O) groups excluding carboxylic acids is 1. The number of hydrogen-bond donors (Lipinski definition) is 1. The minimum Gasteiger partial charge on any atom is -0.482 e. The van der Waals surface area contributed by atoms with Gasteiger partial charge in [0.2, 0.25) is 5.82 Å². The molecule has 160 valence electrons. The van der Waals surface area contributed by atoms with Crippen LogP contribution in [0.4, 0.5) is 0 Å². The SMILES string of the molecule is Cc1nc(C(=O)N[C@H](C)/C=C/S(C)(=O)=O)ncc1OC(c1ccccc1Cl)C1CC1. The Balaban J connectivity index is 1.72. The van der Waals surface area contributed by atoms with Gasteiger partial charge in [0.15, 0.2) is 15.6 Å². The molecular weight excluding hydrogens is 426 g/mol. The second-order valence-corrected chi connectivity index (χ2v) is 9.80. The van der Waals surface area contributed by atoms with E-state index in [0.717, 1.165) is 30.1 Å². The molecule has 0 bridgehead atoms. The predicted molar refractivity (Wildman–Crippen MR) is 115 cm³/mol. The van der Waals surface area contributed by atoms with Crippen molar-refractivity contribution in [1.82, 2.24) is 15.3 Å². The molecule has 1 amide bonds. The lowest BCUT2D eigenvalue weighted by atomic mass is 10.1. The Labute approximate surface area is 181 Å². The highest BCUT2D eigenvalue weighted by molar-refractivity contribution is 7.93. The lowest BCUT2D eigenvalue weighted by molar-refractivity contribution is 0.0935. The molecule has 1 N–H and O–H groups in total. The zero-order valence-corrected chi connectivity index (χ0v) is 18.6. The van der Waals surface area contributed by atoms with Crippen molar-refractivity contribution in [2.75, 3.05) is 6.26 Å². The molecule has 9 heteroatoms. The lowest BCUT2D eigenvalue weighted by Gasteiger charge is -2.21. The monoisotopic (exact) mass is 449 g/mol. The molecule has 0 aliphatic heterocycles. The Bertz CT molecular complexity index is 1070. The summed E-state index contributed by atoms with van der Waals surface area (Å²) < 4.78 is 28.6. The number of halogens is 1. The van der Waals surface area contributed by atoms with E-state index in [-0.39, 0.29) is 11.9 Å². The van der Waals surface area contributed by atoms with Gasteiger partial charge in [0.1, 0.15) is 6.10 Å². The van der Waals surface area contributed by atoms with Crippen LogP contribution in [0, 0.1) is 12.8 Å². The van der Waals surface area contributed by atoms with Crippen LogP contribution in [-0.4, -0.2) is 36.6 Å². The van der Waals surface area contributed by atoms with Gasteiger partial charge in [0.25, 0.3) is 5.91 Å². The Hall–Kier alpha value is -2.45. The number of nitrogens with one attached hydrogen (secondary N) is 1. The maximum Gasteiger partial charge on any atom is 0.289 e. The van der Waals surface area contributed by atoms with E-state index in [1.807, 2.05) is 24.3 Å². The average molecular weight is 450 g/mol. The van der Waals surface area contributed by atoms with Gasteiger partial charge in [-0.2, -0.15) is 0 Å². The predicted octanol–water partition coefficient (Wildman–Crippen LogP) is 3.65. The normalized spacial score (nSPS) is 16.3. The third-order valence-electron chi connectivity index (χ3n) is 4.63. The third kappa shape index (κ3) is 6.03. The molecule has 1 heterocycles. The second kappa shape index (κ2) is 9.14. The summed E-state index contributed by atoms with van der Waals surface area (Å²) in [5, 5.41) is 4.35. The molecule has 2 atom stereocenters. The first-order chi connectivity index (χ1) is 14.1. The van der Waals surface area contributed by atoms with Gasteiger partial charge in [0, 0.05) is 34.2 Å². The first kappa shape index (κ1) is 22.2. The van der Waals surface area contributed by atoms with E-state index in [2.05, 4.69) is 15.3 Å². The zero-order chi connectivity index (χ0) is 21.9. The maximum atomic E-state index is 12.4. The van der Waals surface area contributed by atoms with Crippen LogP contribution in [0.15, 0.2) is 41.9 Å². The fourth-order valence-corrected chi connectivity index (χ4v) is 3.68. The molecule has 1 aliphatic rings. The number of amides is 1. The van der Waals surface area contributed by atoms with E-state index >= 15 is 0 Å². The van der Waals surface area contributed by atoms with Crippen LogP contribution >= 0.6 is 11.6 Å². The van der Waals surface area contributed by atoms with Crippen LogP contribution in [0.2, 0.25) is 5.02 Å². The zero-order valence-electron chi connectivity index (χ0n) is 17.0. The average Bonchev–Trinajstić information content (AvgIpc) is 3.51. The number of nitrogens with zero attached hydrogens (tertiary/aromatic N) is 2. The molecule has 30 heavy (non-hydrogen) atoms. The van der Waals surface area contributed by atoms with Crippen LogP contribution in [0.5, 0.6) is 5.75 Å². The maximum absolute atomic E-state index is 12.4. The summed E-state index contributed by atoms with van der Waals surface area (Å²) in [7, 11) is -3.26. The van der Waals surface area contributed by atoms with Crippen molar-refractivity contribution in [1.29, 1.82) is 0 Å². The van der Waals surface area contributed by atoms with Crippen molar-refractivity contribution < 1.29 is 17.9 Å². The highest BCUT2D eigenvalue weighted by atomic mass is 35.5. The fraction of sp³-hybridized carbons (Fsp3) is 0.381. The summed E-state index contributed by atoms with van der Waals surface area (Å²) >= 11 is 6.36. The smallest absolute Gasteiger partial charge is 0.289 e. The minimum absolute atomic E-state index is 0.0137. The molecule has 0 spiro atoms. The minimum atomic E-state index is -3.26. The molecule has 1 aliphatic carbocycles. The Kier molecular flexibility index (Phi) is 6.77. The number of carbonyl (C=O) groups is 1. The second-order valence-electron chi connectivity index (χ2n) is 7.46. The number of aryl methyl sites for hydroxylation is 1. The molecule has 1 aromatic heterocycles. The molecule has 1 aromatic carbocycles. The van der Waals surface area contributed by atoms with E-state index in [9.17, 15) is 13.2 Å². The van der Waals surface area contributed by atoms with Crippen molar-refractivity contribution in [3.63, 3.8) is 0 Å². The van der Waals surface area contributed by atoms with Crippen LogP contribution in [0.1, 0.15) is 47.7 Å². The van der Waals surface area contributed by atoms with E-state index in [1.165, 1.54) is 12.3 Å². The van der Waals surface area contributed by atoms with Crippen LogP contribution < -0.4 is 10.1 Å². The number of aromatic nitrogens is 2. The van der Waals surface area contributed by atoms with Gasteiger partial charge >= 0.3 is 0 Å². The van der Waals surface area contributed by atoms with E-state index < -0.39 is 21.8 Å². The number of ether oxygens (including phenoxy) is 1. The number of sulfone groups is 1. The first-order valence-corrected chi connectivity index (χ1v) is 11.9. The summed E-state index contributed by atoms with van der Waals surface area (Å²) in [4.78, 5) is 20.8. The summed E-state index contributed by atoms with van der Waals surface area (Å²) in [6.45, 7) is 3.41. The van der Waals surface area contributed by atoms with E-state index in [4.69, 9.17) is 16.3 Å². The van der Waals surface area contributed by atoms with Gasteiger partial charge in [0.05, 0.1) is 11.9 Å². The summed E-state index contributed by atoms with van der Waals surface area (Å²) in [6, 6.07) is 7.10. The molecule has 0 saturated heterocycles. The largest absolute Gasteiger partial charge is 0.482 e. The standard InChI is InChI=1S/C21H24ClN3O4S/c1-13(10-11-30(3,27)28)24-21(26)20-23-12-18(14(2)25-20)29-19(15-8-9-15)16-6-4-5-7-17(16)22/h4-7,10-13,15,19H,8-9H2,1-3H3,(H,24,26)/b11-10+/t13-,19?/m1/s1. The van der Waals surface area contributed by atoms with Gasteiger partial charge in [-0.1, -0.05) is 35.9 Å². The van der Waals surface area contributed by atoms with Crippen molar-refractivity contribution >= 4 is 27.3 Å². The Morgan fingerprint density at radius 3 is 2.63 bits per heavy atom. The summed E-state index contributed by atoms with van der Waals surface area (Å²) in [5.41, 5.74) is 1.46. The van der Waals surface area contributed by atoms with E-state index in [1.54, 1.807) is 13.8 Å². The molecule has 1 unspecified atom stereocenters. The van der Waals surface area contributed by atoms with Crippen molar-refractivity contribution in [3.8, 4) is 5.75 Å². The number of hydrogen-bond acceptors (Lipinski definition) is 6. The molecule has 7 nitrogen and oxygen atoms in total. The Morgan fingerprint density at radius 1 is 1.33 bits per heavy atom. The lowest BCUT2D eigenvalue weighted by Crippen LogP contribution is -2.32. The molecule has 2 aromatic rings. The quantitative estimate of drug-likeness (QED) is 0.660. The molecular formula is C21H24ClN3O4S. The number of benzene rings is 1. The first-order valence-electron chi connectivity index (χ1n) is 9.58. The van der Waals surface area contributed by atoms with Gasteiger partial charge in [-0.15, -0.1) is 0 Å². The van der Waals surface area contributed by atoms with Crippen LogP contribution in [0.3, 0.4) is 0 Å². The van der Waals surface area contributed by atoms with E-state index in [0.29, 0.717) is 22.4 Å². The van der Waals surface area contributed by atoms with Gasteiger partial charge in [-0.05, 0) is 32.8 Å². The Morgan fingerprint density at radius 2 is 2.03 bits per heavy atom. The van der Waals surface area contributed by atoms with Crippen LogP contribution in [-0.2, 0) is 9.84 Å². The molecule has 3 rings (SSSR count). The van der Waals surface area contributed by atoms with Gasteiger partial charge in [-0.25, -0.2) is 18.4 Å². The highest BCUT2D eigenvalue weighted by Crippen LogP contribution is 2.45. The fourth-order valence-electron chi connectivity index (χ4n) is 2.92.